The fourth-order valence-corrected chi connectivity index (χ4v) is 2.53. The van der Waals surface area contributed by atoms with Crippen molar-refractivity contribution in [1.82, 2.24) is 10.2 Å². The Balaban J connectivity index is 1.81. The third-order valence-corrected chi connectivity index (χ3v) is 3.06. The first kappa shape index (κ1) is 10.7. The topological polar surface area (TPSA) is 15.3 Å². The Kier molecular flexibility index (Phi) is 3.08. The molecule has 2 heteroatoms. The lowest BCUT2D eigenvalue weighted by molar-refractivity contribution is 0.0111. The fraction of sp³-hybridized carbons (Fsp3) is 0.538. The van der Waals surface area contributed by atoms with E-state index in [2.05, 4.69) is 47.5 Å². The summed E-state index contributed by atoms with van der Waals surface area (Å²) in [5.41, 5.74) is 1.91. The number of hydrogen-bond acceptors (Lipinski definition) is 2. The molecule has 0 unspecified atom stereocenters. The van der Waals surface area contributed by atoms with Crippen molar-refractivity contribution < 1.29 is 0 Å². The average molecular weight is 204 g/mol. The number of nitrogens with one attached hydrogen (secondary N) is 1. The molecule has 0 radical (unpaired) electrons. The molecule has 0 aliphatic carbocycles. The Morgan fingerprint density at radius 3 is 2.53 bits per heavy atom. The van der Waals surface area contributed by atoms with Crippen molar-refractivity contribution in [3.05, 3.63) is 35.9 Å². The van der Waals surface area contributed by atoms with Crippen LogP contribution in [0.5, 0.6) is 0 Å². The van der Waals surface area contributed by atoms with E-state index in [9.17, 15) is 0 Å². The van der Waals surface area contributed by atoms with Crippen LogP contribution in [0, 0.1) is 5.41 Å². The van der Waals surface area contributed by atoms with Gasteiger partial charge in [0.25, 0.3) is 0 Å². The van der Waals surface area contributed by atoms with Crippen LogP contribution < -0.4 is 5.32 Å². The van der Waals surface area contributed by atoms with Crippen molar-refractivity contribution >= 4 is 0 Å². The van der Waals surface area contributed by atoms with Crippen molar-refractivity contribution in [2.75, 3.05) is 26.7 Å². The Morgan fingerprint density at radius 2 is 1.93 bits per heavy atom. The Hall–Kier alpha value is -0.860. The zero-order valence-electron chi connectivity index (χ0n) is 9.66. The van der Waals surface area contributed by atoms with Gasteiger partial charge in [0.05, 0.1) is 0 Å². The fourth-order valence-electron chi connectivity index (χ4n) is 2.53. The van der Waals surface area contributed by atoms with Crippen molar-refractivity contribution in [1.29, 1.82) is 0 Å². The number of nitrogens with zero attached hydrogens (tertiary/aromatic N) is 1. The Morgan fingerprint density at radius 1 is 1.27 bits per heavy atom. The molecule has 0 spiro atoms. The van der Waals surface area contributed by atoms with Crippen LogP contribution in [0.2, 0.25) is 0 Å². The van der Waals surface area contributed by atoms with Crippen LogP contribution in [0.15, 0.2) is 30.3 Å². The normalized spacial score (nSPS) is 19.9. The van der Waals surface area contributed by atoms with Crippen LogP contribution in [-0.4, -0.2) is 31.6 Å². The number of benzene rings is 1. The summed E-state index contributed by atoms with van der Waals surface area (Å²) in [7, 11) is 2.03. The minimum absolute atomic E-state index is 0.490. The largest absolute Gasteiger partial charge is 0.319 e. The predicted molar refractivity (Wildman–Crippen MR) is 63.8 cm³/mol. The predicted octanol–water partition coefficient (Wildman–Crippen LogP) is 1.73. The van der Waals surface area contributed by atoms with Gasteiger partial charge in [0.15, 0.2) is 0 Å². The van der Waals surface area contributed by atoms with Gasteiger partial charge in [0, 0.05) is 31.6 Å². The Bertz CT molecular complexity index is 302. The van der Waals surface area contributed by atoms with E-state index in [0.29, 0.717) is 5.41 Å². The quantitative estimate of drug-likeness (QED) is 0.803. The van der Waals surface area contributed by atoms with Crippen LogP contribution in [0.1, 0.15) is 12.5 Å². The third kappa shape index (κ3) is 2.58. The monoisotopic (exact) mass is 204 g/mol. The van der Waals surface area contributed by atoms with E-state index in [-0.39, 0.29) is 0 Å². The van der Waals surface area contributed by atoms with Gasteiger partial charge in [0.1, 0.15) is 0 Å². The summed E-state index contributed by atoms with van der Waals surface area (Å²) < 4.78 is 0. The third-order valence-electron chi connectivity index (χ3n) is 3.06. The van der Waals surface area contributed by atoms with Gasteiger partial charge in [-0.1, -0.05) is 37.3 Å². The van der Waals surface area contributed by atoms with Gasteiger partial charge in [-0.05, 0) is 12.6 Å². The summed E-state index contributed by atoms with van der Waals surface area (Å²) in [6, 6.07) is 10.7. The van der Waals surface area contributed by atoms with E-state index < -0.39 is 0 Å². The van der Waals surface area contributed by atoms with E-state index >= 15 is 0 Å². The molecule has 1 saturated heterocycles. The summed E-state index contributed by atoms with van der Waals surface area (Å²) in [5.74, 6) is 0. The standard InChI is InChI=1S/C13H20N2/c1-13(9-14-2)10-15(11-13)8-12-6-4-3-5-7-12/h3-7,14H,8-11H2,1-2H3. The second kappa shape index (κ2) is 4.33. The SMILES string of the molecule is CNCC1(C)CN(Cc2ccccc2)C1. The highest BCUT2D eigenvalue weighted by Gasteiger charge is 2.37. The summed E-state index contributed by atoms with van der Waals surface area (Å²) in [6.07, 6.45) is 0. The molecule has 2 nitrogen and oxygen atoms in total. The average Bonchev–Trinajstić information content (AvgIpc) is 2.17. The number of hydrogen-bond donors (Lipinski definition) is 1. The van der Waals surface area contributed by atoms with E-state index in [0.717, 1.165) is 13.1 Å². The van der Waals surface area contributed by atoms with Crippen molar-refractivity contribution in [3.8, 4) is 0 Å². The number of rotatable bonds is 4. The zero-order chi connectivity index (χ0) is 10.7. The highest BCUT2D eigenvalue weighted by atomic mass is 15.2. The van der Waals surface area contributed by atoms with Crippen molar-refractivity contribution in [3.63, 3.8) is 0 Å². The van der Waals surface area contributed by atoms with E-state index in [4.69, 9.17) is 0 Å². The molecule has 0 amide bonds. The maximum Gasteiger partial charge on any atom is 0.0234 e. The Labute approximate surface area is 92.3 Å². The second-order valence-corrected chi connectivity index (χ2v) is 4.97. The van der Waals surface area contributed by atoms with Crippen LogP contribution >= 0.6 is 0 Å². The summed E-state index contributed by atoms with van der Waals surface area (Å²) >= 11 is 0. The van der Waals surface area contributed by atoms with Crippen LogP contribution in [0.25, 0.3) is 0 Å². The summed E-state index contributed by atoms with van der Waals surface area (Å²) in [6.45, 7) is 6.99. The van der Waals surface area contributed by atoms with E-state index in [1.807, 2.05) is 7.05 Å². The van der Waals surface area contributed by atoms with Gasteiger partial charge < -0.3 is 5.32 Å². The van der Waals surface area contributed by atoms with Crippen LogP contribution in [0.3, 0.4) is 0 Å². The molecule has 0 atom stereocenters. The molecular weight excluding hydrogens is 184 g/mol. The molecule has 1 aromatic rings. The van der Waals surface area contributed by atoms with Gasteiger partial charge in [-0.25, -0.2) is 0 Å². The van der Waals surface area contributed by atoms with Gasteiger partial charge in [0.2, 0.25) is 0 Å². The smallest absolute Gasteiger partial charge is 0.0234 e. The maximum absolute atomic E-state index is 3.27. The molecule has 1 N–H and O–H groups in total. The summed E-state index contributed by atoms with van der Waals surface area (Å²) in [5, 5.41) is 3.27. The van der Waals surface area contributed by atoms with Gasteiger partial charge >= 0.3 is 0 Å². The molecular formula is C13H20N2. The highest BCUT2D eigenvalue weighted by molar-refractivity contribution is 5.15. The molecule has 1 heterocycles. The molecule has 1 fully saturated rings. The van der Waals surface area contributed by atoms with Gasteiger partial charge in [-0.15, -0.1) is 0 Å². The van der Waals surface area contributed by atoms with E-state index in [1.54, 1.807) is 0 Å². The van der Waals surface area contributed by atoms with Crippen LogP contribution in [-0.2, 0) is 6.54 Å². The highest BCUT2D eigenvalue weighted by Crippen LogP contribution is 2.29. The van der Waals surface area contributed by atoms with Crippen molar-refractivity contribution in [2.45, 2.75) is 13.5 Å². The molecule has 1 aliphatic heterocycles. The first-order valence-electron chi connectivity index (χ1n) is 5.63. The lowest BCUT2D eigenvalue weighted by Crippen LogP contribution is -2.57. The number of likely N-dealkylation sites (tertiary alicyclic amines) is 1. The van der Waals surface area contributed by atoms with Crippen LogP contribution in [0.4, 0.5) is 0 Å². The van der Waals surface area contributed by atoms with E-state index in [1.165, 1.54) is 18.7 Å². The van der Waals surface area contributed by atoms with Gasteiger partial charge in [-0.3, -0.25) is 4.90 Å². The molecule has 15 heavy (non-hydrogen) atoms. The molecule has 1 aromatic carbocycles. The minimum atomic E-state index is 0.490. The maximum atomic E-state index is 3.27. The first-order valence-corrected chi connectivity index (χ1v) is 5.63. The first-order chi connectivity index (χ1) is 7.22. The second-order valence-electron chi connectivity index (χ2n) is 4.97. The molecule has 1 aliphatic rings. The lowest BCUT2D eigenvalue weighted by atomic mass is 9.81. The minimum Gasteiger partial charge on any atom is -0.319 e. The lowest BCUT2D eigenvalue weighted by Gasteiger charge is -2.48. The molecule has 2 rings (SSSR count). The molecule has 0 bridgehead atoms. The van der Waals surface area contributed by atoms with Gasteiger partial charge in [-0.2, -0.15) is 0 Å². The molecule has 0 saturated carbocycles. The molecule has 0 aromatic heterocycles. The summed E-state index contributed by atoms with van der Waals surface area (Å²) in [4.78, 5) is 2.51. The van der Waals surface area contributed by atoms with Crippen molar-refractivity contribution in [2.24, 2.45) is 5.41 Å². The molecule has 82 valence electrons. The zero-order valence-corrected chi connectivity index (χ0v) is 9.66.